The number of benzene rings is 1. The number of hydrogen-bond donors (Lipinski definition) is 1. The lowest BCUT2D eigenvalue weighted by Gasteiger charge is -2.22. The predicted octanol–water partition coefficient (Wildman–Crippen LogP) is 3.65. The normalized spacial score (nSPS) is 11.5. The first-order chi connectivity index (χ1) is 8.02. The Morgan fingerprint density at radius 1 is 1.24 bits per heavy atom. The molecule has 0 amide bonds. The molecule has 2 rings (SSSR count). The molecule has 0 aliphatic heterocycles. The molecule has 0 radical (unpaired) electrons. The van der Waals surface area contributed by atoms with Crippen molar-refractivity contribution < 1.29 is 9.84 Å². The summed E-state index contributed by atoms with van der Waals surface area (Å²) in [6.07, 6.45) is 0. The molecular formula is C14H16O2S. The van der Waals surface area contributed by atoms with E-state index in [1.165, 1.54) is 0 Å². The van der Waals surface area contributed by atoms with Crippen LogP contribution in [0.4, 0.5) is 0 Å². The number of ether oxygens (including phenoxy) is 1. The second-order valence-electron chi connectivity index (χ2n) is 4.45. The molecule has 0 unspecified atom stereocenters. The minimum absolute atomic E-state index is 0.766. The summed E-state index contributed by atoms with van der Waals surface area (Å²) >= 11 is 1.67. The van der Waals surface area contributed by atoms with Crippen LogP contribution in [0.1, 0.15) is 19.4 Å². The molecule has 0 saturated carbocycles. The monoisotopic (exact) mass is 248 g/mol. The fraction of sp³-hybridized carbons (Fsp3) is 0.286. The maximum absolute atomic E-state index is 10.2. The van der Waals surface area contributed by atoms with Crippen LogP contribution in [0.3, 0.4) is 0 Å². The van der Waals surface area contributed by atoms with Crippen molar-refractivity contribution >= 4 is 11.3 Å². The summed E-state index contributed by atoms with van der Waals surface area (Å²) < 4.78 is 5.21. The van der Waals surface area contributed by atoms with Crippen molar-refractivity contribution in [3.05, 3.63) is 41.3 Å². The quantitative estimate of drug-likeness (QED) is 0.898. The van der Waals surface area contributed by atoms with E-state index in [2.05, 4.69) is 6.07 Å². The zero-order valence-corrected chi connectivity index (χ0v) is 11.0. The van der Waals surface area contributed by atoms with Gasteiger partial charge in [0.25, 0.3) is 0 Å². The van der Waals surface area contributed by atoms with Gasteiger partial charge in [0.2, 0.25) is 0 Å². The van der Waals surface area contributed by atoms with Gasteiger partial charge in [0.05, 0.1) is 12.7 Å². The lowest BCUT2D eigenvalue weighted by molar-refractivity contribution is 0.0789. The van der Waals surface area contributed by atoms with E-state index in [4.69, 9.17) is 4.74 Å². The van der Waals surface area contributed by atoms with Gasteiger partial charge in [-0.2, -0.15) is 0 Å². The van der Waals surface area contributed by atoms with Crippen LogP contribution in [0.2, 0.25) is 0 Å². The van der Waals surface area contributed by atoms with E-state index in [0.717, 1.165) is 21.8 Å². The molecule has 0 fully saturated rings. The van der Waals surface area contributed by atoms with Crippen LogP contribution >= 0.6 is 11.3 Å². The summed E-state index contributed by atoms with van der Waals surface area (Å²) in [4.78, 5) is 1.16. The summed E-state index contributed by atoms with van der Waals surface area (Å²) in [5.41, 5.74) is 1.07. The fourth-order valence-corrected chi connectivity index (χ4v) is 2.57. The molecule has 2 aromatic rings. The highest BCUT2D eigenvalue weighted by Gasteiger charge is 2.21. The van der Waals surface area contributed by atoms with Gasteiger partial charge in [0, 0.05) is 4.88 Å². The molecule has 2 nitrogen and oxygen atoms in total. The summed E-state index contributed by atoms with van der Waals surface area (Å²) in [5.74, 6) is 0.766. The van der Waals surface area contributed by atoms with Gasteiger partial charge in [0.15, 0.2) is 0 Å². The molecule has 1 aromatic carbocycles. The first-order valence-corrected chi connectivity index (χ1v) is 6.35. The van der Waals surface area contributed by atoms with Crippen LogP contribution in [0, 0.1) is 0 Å². The molecule has 0 aliphatic carbocycles. The Labute approximate surface area is 105 Å². The third-order valence-corrected chi connectivity index (χ3v) is 3.58. The highest BCUT2D eigenvalue weighted by molar-refractivity contribution is 7.13. The molecule has 0 spiro atoms. The number of rotatable bonds is 3. The second kappa shape index (κ2) is 4.51. The van der Waals surface area contributed by atoms with Gasteiger partial charge >= 0.3 is 0 Å². The highest BCUT2D eigenvalue weighted by Crippen LogP contribution is 2.36. The van der Waals surface area contributed by atoms with Gasteiger partial charge in [-0.15, -0.1) is 11.3 Å². The van der Waals surface area contributed by atoms with Crippen molar-refractivity contribution in [1.82, 2.24) is 0 Å². The zero-order valence-electron chi connectivity index (χ0n) is 10.2. The molecule has 0 saturated heterocycles. The van der Waals surface area contributed by atoms with Crippen LogP contribution in [-0.4, -0.2) is 12.2 Å². The fourth-order valence-electron chi connectivity index (χ4n) is 1.80. The number of hydrogen-bond acceptors (Lipinski definition) is 3. The highest BCUT2D eigenvalue weighted by atomic mass is 32.1. The summed E-state index contributed by atoms with van der Waals surface area (Å²) in [5, 5.41) is 12.3. The molecule has 17 heavy (non-hydrogen) atoms. The van der Waals surface area contributed by atoms with Crippen LogP contribution in [0.25, 0.3) is 10.4 Å². The molecular weight excluding hydrogens is 232 g/mol. The molecule has 0 atom stereocenters. The van der Waals surface area contributed by atoms with Crippen LogP contribution in [-0.2, 0) is 5.60 Å². The molecule has 1 heterocycles. The van der Waals surface area contributed by atoms with Gasteiger partial charge in [0.1, 0.15) is 5.75 Å². The van der Waals surface area contributed by atoms with Gasteiger partial charge in [-0.1, -0.05) is 6.07 Å². The van der Waals surface area contributed by atoms with E-state index < -0.39 is 5.60 Å². The van der Waals surface area contributed by atoms with Crippen molar-refractivity contribution in [2.24, 2.45) is 0 Å². The van der Waals surface area contributed by atoms with E-state index in [-0.39, 0.29) is 0 Å². The Balaban J connectivity index is 2.59. The van der Waals surface area contributed by atoms with E-state index in [1.807, 2.05) is 29.6 Å². The average molecular weight is 248 g/mol. The van der Waals surface area contributed by atoms with Crippen LogP contribution in [0.5, 0.6) is 5.75 Å². The topological polar surface area (TPSA) is 29.5 Å². The lowest BCUT2D eigenvalue weighted by Crippen LogP contribution is -2.16. The predicted molar refractivity (Wildman–Crippen MR) is 71.6 cm³/mol. The van der Waals surface area contributed by atoms with Gasteiger partial charge in [-0.25, -0.2) is 0 Å². The van der Waals surface area contributed by atoms with Gasteiger partial charge in [-0.05, 0) is 54.6 Å². The molecule has 0 aliphatic rings. The minimum Gasteiger partial charge on any atom is -0.497 e. The maximum atomic E-state index is 10.2. The standard InChI is InChI=1S/C14H16O2S/c1-14(2,15)12-9-10(16-3)6-7-11(12)13-5-4-8-17-13/h4-9,15H,1-3H3. The Hall–Kier alpha value is -1.32. The molecule has 90 valence electrons. The number of methoxy groups -OCH3 is 1. The third kappa shape index (κ3) is 2.51. The van der Waals surface area contributed by atoms with Crippen LogP contribution < -0.4 is 4.74 Å². The van der Waals surface area contributed by atoms with Crippen molar-refractivity contribution in [2.45, 2.75) is 19.4 Å². The number of thiophene rings is 1. The van der Waals surface area contributed by atoms with E-state index in [9.17, 15) is 5.11 Å². The van der Waals surface area contributed by atoms with Crippen molar-refractivity contribution in [1.29, 1.82) is 0 Å². The summed E-state index contributed by atoms with van der Waals surface area (Å²) in [6, 6.07) is 9.89. The molecule has 3 heteroatoms. The second-order valence-corrected chi connectivity index (χ2v) is 5.40. The minimum atomic E-state index is -0.881. The third-order valence-electron chi connectivity index (χ3n) is 2.67. The van der Waals surface area contributed by atoms with Gasteiger partial charge in [-0.3, -0.25) is 0 Å². The first kappa shape index (κ1) is 12.1. The first-order valence-electron chi connectivity index (χ1n) is 5.47. The Morgan fingerprint density at radius 3 is 2.53 bits per heavy atom. The summed E-state index contributed by atoms with van der Waals surface area (Å²) in [7, 11) is 1.63. The summed E-state index contributed by atoms with van der Waals surface area (Å²) in [6.45, 7) is 3.58. The van der Waals surface area contributed by atoms with Crippen molar-refractivity contribution in [2.75, 3.05) is 7.11 Å². The number of aliphatic hydroxyl groups is 1. The van der Waals surface area contributed by atoms with E-state index in [0.29, 0.717) is 0 Å². The molecule has 0 bridgehead atoms. The van der Waals surface area contributed by atoms with E-state index >= 15 is 0 Å². The van der Waals surface area contributed by atoms with Crippen LogP contribution in [0.15, 0.2) is 35.7 Å². The molecule has 1 aromatic heterocycles. The maximum Gasteiger partial charge on any atom is 0.119 e. The van der Waals surface area contributed by atoms with Crippen molar-refractivity contribution in [3.8, 4) is 16.2 Å². The smallest absolute Gasteiger partial charge is 0.119 e. The van der Waals surface area contributed by atoms with E-state index in [1.54, 1.807) is 32.3 Å². The average Bonchev–Trinajstić information content (AvgIpc) is 2.80. The largest absolute Gasteiger partial charge is 0.497 e. The Bertz CT molecular complexity index is 495. The lowest BCUT2D eigenvalue weighted by atomic mass is 9.92. The van der Waals surface area contributed by atoms with Gasteiger partial charge < -0.3 is 9.84 Å². The Kier molecular flexibility index (Phi) is 3.22. The Morgan fingerprint density at radius 2 is 2.00 bits per heavy atom. The molecule has 1 N–H and O–H groups in total. The zero-order chi connectivity index (χ0) is 12.5. The van der Waals surface area contributed by atoms with Crippen molar-refractivity contribution in [3.63, 3.8) is 0 Å². The SMILES string of the molecule is COc1ccc(-c2cccs2)c(C(C)(C)O)c1.